The molecule has 2 N–H and O–H groups in total. The van der Waals surface area contributed by atoms with E-state index in [2.05, 4.69) is 10.6 Å². The van der Waals surface area contributed by atoms with E-state index in [1.165, 1.54) is 20.0 Å². The minimum absolute atomic E-state index is 0.0229. The highest BCUT2D eigenvalue weighted by atomic mass is 35.5. The summed E-state index contributed by atoms with van der Waals surface area (Å²) in [7, 11) is 1.40. The number of benzene rings is 1. The number of rotatable bonds is 5. The Hall–Kier alpha value is -2.68. The number of hydrogen-bond acceptors (Lipinski definition) is 4. The Kier molecular flexibility index (Phi) is 6.22. The molecule has 1 aromatic rings. The van der Waals surface area contributed by atoms with Gasteiger partial charge in [-0.25, -0.2) is 9.18 Å². The molecule has 1 heterocycles. The molecule has 1 unspecified atom stereocenters. The summed E-state index contributed by atoms with van der Waals surface area (Å²) >= 11 is 6.04. The number of hydrogen-bond donors (Lipinski definition) is 2. The lowest BCUT2D eigenvalue weighted by atomic mass is 9.92. The molecule has 8 nitrogen and oxygen atoms in total. The van der Waals surface area contributed by atoms with Gasteiger partial charge in [0.15, 0.2) is 0 Å². The van der Waals surface area contributed by atoms with Gasteiger partial charge in [-0.1, -0.05) is 17.7 Å². The molecule has 1 aliphatic heterocycles. The molecule has 0 aliphatic carbocycles. The smallest absolute Gasteiger partial charge is 0.325 e. The van der Waals surface area contributed by atoms with Crippen molar-refractivity contribution < 1.29 is 23.6 Å². The van der Waals surface area contributed by atoms with Crippen LogP contribution in [0.2, 0.25) is 5.02 Å². The van der Waals surface area contributed by atoms with E-state index in [-0.39, 0.29) is 23.0 Å². The zero-order valence-electron chi connectivity index (χ0n) is 16.9. The maximum atomic E-state index is 13.3. The molecule has 2 rings (SSSR count). The van der Waals surface area contributed by atoms with E-state index in [0.717, 1.165) is 21.9 Å². The van der Waals surface area contributed by atoms with Crippen LogP contribution >= 0.6 is 11.6 Å². The molecule has 1 atom stereocenters. The second-order valence-electron chi connectivity index (χ2n) is 8.12. The number of nitrogens with one attached hydrogen (secondary N) is 2. The Labute approximate surface area is 173 Å². The van der Waals surface area contributed by atoms with E-state index in [1.807, 2.05) is 0 Å². The van der Waals surface area contributed by atoms with E-state index < -0.39 is 41.3 Å². The van der Waals surface area contributed by atoms with Crippen LogP contribution in [0.4, 0.5) is 9.18 Å². The molecule has 0 spiro atoms. The van der Waals surface area contributed by atoms with Gasteiger partial charge in [-0.15, -0.1) is 0 Å². The molecule has 158 valence electrons. The van der Waals surface area contributed by atoms with Crippen molar-refractivity contribution in [3.63, 3.8) is 0 Å². The number of likely N-dealkylation sites (N-methyl/N-ethyl adjacent to an activating group) is 1. The Morgan fingerprint density at radius 3 is 2.48 bits per heavy atom. The molecular weight excluding hydrogens is 403 g/mol. The highest BCUT2D eigenvalue weighted by molar-refractivity contribution is 6.32. The van der Waals surface area contributed by atoms with Crippen molar-refractivity contribution >= 4 is 35.4 Å². The third-order valence-corrected chi connectivity index (χ3v) is 4.67. The van der Waals surface area contributed by atoms with Gasteiger partial charge in [0.25, 0.3) is 5.91 Å². The molecule has 1 aromatic carbocycles. The topological polar surface area (TPSA) is 98.8 Å². The summed E-state index contributed by atoms with van der Waals surface area (Å²) in [4.78, 5) is 51.5. The lowest BCUT2D eigenvalue weighted by Gasteiger charge is -2.25. The van der Waals surface area contributed by atoms with Crippen molar-refractivity contribution in [3.05, 3.63) is 34.6 Å². The molecule has 29 heavy (non-hydrogen) atoms. The molecule has 5 amide bonds. The third kappa shape index (κ3) is 5.03. The Bertz CT molecular complexity index is 870. The molecule has 0 aromatic heterocycles. The molecule has 1 saturated heterocycles. The largest absolute Gasteiger partial charge is 0.350 e. The van der Waals surface area contributed by atoms with Gasteiger partial charge in [-0.3, -0.25) is 19.3 Å². The number of nitrogens with zero attached hydrogens (tertiary/aromatic N) is 2. The van der Waals surface area contributed by atoms with Gasteiger partial charge in [0.1, 0.15) is 17.9 Å². The van der Waals surface area contributed by atoms with Gasteiger partial charge in [0.05, 0.1) is 6.54 Å². The third-order valence-electron chi connectivity index (χ3n) is 4.36. The molecule has 0 bridgehead atoms. The summed E-state index contributed by atoms with van der Waals surface area (Å²) in [6.07, 6.45) is 0. The van der Waals surface area contributed by atoms with E-state index in [1.54, 1.807) is 20.8 Å². The first-order chi connectivity index (χ1) is 13.2. The van der Waals surface area contributed by atoms with E-state index in [9.17, 15) is 23.6 Å². The predicted octanol–water partition coefficient (Wildman–Crippen LogP) is 1.62. The van der Waals surface area contributed by atoms with Crippen LogP contribution in [0.3, 0.4) is 0 Å². The van der Waals surface area contributed by atoms with Gasteiger partial charge in [0.2, 0.25) is 11.8 Å². The normalized spacial score (nSPS) is 19.2. The summed E-state index contributed by atoms with van der Waals surface area (Å²) in [5.41, 5.74) is -1.78. The first kappa shape index (κ1) is 22.6. The van der Waals surface area contributed by atoms with Crippen LogP contribution in [0.1, 0.15) is 33.3 Å². The van der Waals surface area contributed by atoms with Crippen LogP contribution in [0, 0.1) is 5.82 Å². The number of carbonyl (C=O) groups excluding carboxylic acids is 4. The number of carbonyl (C=O) groups is 4. The lowest BCUT2D eigenvalue weighted by molar-refractivity contribution is -0.139. The number of imide groups is 1. The average molecular weight is 427 g/mol. The van der Waals surface area contributed by atoms with Crippen molar-refractivity contribution in [2.75, 3.05) is 20.1 Å². The number of halogens is 2. The first-order valence-corrected chi connectivity index (χ1v) is 9.27. The van der Waals surface area contributed by atoms with E-state index in [0.29, 0.717) is 0 Å². The standard InChI is InChI=1S/C19H24ClFN4O4/c1-18(2,3)22-14(26)9-24(5)15(27)10-25-16(28)19(4,23-17(25)29)12-7-6-11(21)8-13(12)20/h6-8H,9-10H2,1-5H3,(H,22,26)(H,23,29). The van der Waals surface area contributed by atoms with Crippen LogP contribution < -0.4 is 10.6 Å². The minimum atomic E-state index is -1.54. The summed E-state index contributed by atoms with van der Waals surface area (Å²) in [6, 6.07) is 2.70. The monoisotopic (exact) mass is 426 g/mol. The van der Waals surface area contributed by atoms with E-state index in [4.69, 9.17) is 11.6 Å². The SMILES string of the molecule is CN(CC(=O)NC(C)(C)C)C(=O)CN1C(=O)NC(C)(c2ccc(F)cc2Cl)C1=O. The van der Waals surface area contributed by atoms with Gasteiger partial charge < -0.3 is 15.5 Å². The quantitative estimate of drug-likeness (QED) is 0.699. The fourth-order valence-corrected chi connectivity index (χ4v) is 3.29. The van der Waals surface area contributed by atoms with Gasteiger partial charge >= 0.3 is 6.03 Å². The fraction of sp³-hybridized carbons (Fsp3) is 0.474. The zero-order chi connectivity index (χ0) is 22.1. The second-order valence-corrected chi connectivity index (χ2v) is 8.53. The first-order valence-electron chi connectivity index (χ1n) is 8.89. The molecule has 1 aliphatic rings. The summed E-state index contributed by atoms with van der Waals surface area (Å²) in [5, 5.41) is 5.20. The predicted molar refractivity (Wildman–Crippen MR) is 105 cm³/mol. The van der Waals surface area contributed by atoms with Crippen LogP contribution in [-0.4, -0.2) is 59.2 Å². The number of urea groups is 1. The van der Waals surface area contributed by atoms with Crippen molar-refractivity contribution in [2.45, 2.75) is 38.8 Å². The lowest BCUT2D eigenvalue weighted by Crippen LogP contribution is -2.48. The molecule has 1 fully saturated rings. The molecule has 10 heteroatoms. The summed E-state index contributed by atoms with van der Waals surface area (Å²) in [6.45, 7) is 6.08. The zero-order valence-corrected chi connectivity index (χ0v) is 17.7. The highest BCUT2D eigenvalue weighted by Crippen LogP contribution is 2.33. The molecular formula is C19H24ClFN4O4. The summed E-state index contributed by atoms with van der Waals surface area (Å²) in [5.74, 6) is -2.24. The molecule has 0 saturated carbocycles. The maximum Gasteiger partial charge on any atom is 0.325 e. The fourth-order valence-electron chi connectivity index (χ4n) is 2.94. The Morgan fingerprint density at radius 2 is 1.93 bits per heavy atom. The number of amides is 5. The highest BCUT2D eigenvalue weighted by Gasteiger charge is 2.50. The van der Waals surface area contributed by atoms with Gasteiger partial charge in [-0.05, 0) is 39.8 Å². The average Bonchev–Trinajstić information content (AvgIpc) is 2.76. The Balaban J connectivity index is 2.11. The van der Waals surface area contributed by atoms with Crippen LogP contribution in [0.15, 0.2) is 18.2 Å². The van der Waals surface area contributed by atoms with Crippen molar-refractivity contribution in [3.8, 4) is 0 Å². The van der Waals surface area contributed by atoms with Crippen molar-refractivity contribution in [1.29, 1.82) is 0 Å². The maximum absolute atomic E-state index is 13.3. The molecule has 0 radical (unpaired) electrons. The van der Waals surface area contributed by atoms with Crippen LogP contribution in [0.5, 0.6) is 0 Å². The Morgan fingerprint density at radius 1 is 1.31 bits per heavy atom. The second kappa shape index (κ2) is 7.98. The van der Waals surface area contributed by atoms with E-state index >= 15 is 0 Å². The summed E-state index contributed by atoms with van der Waals surface area (Å²) < 4.78 is 13.3. The van der Waals surface area contributed by atoms with Crippen molar-refractivity contribution in [2.24, 2.45) is 0 Å². The van der Waals surface area contributed by atoms with Gasteiger partial charge in [-0.2, -0.15) is 0 Å². The minimum Gasteiger partial charge on any atom is -0.350 e. The van der Waals surface area contributed by atoms with Crippen molar-refractivity contribution in [1.82, 2.24) is 20.4 Å². The van der Waals surface area contributed by atoms with Crippen LogP contribution in [0.25, 0.3) is 0 Å². The van der Waals surface area contributed by atoms with Crippen LogP contribution in [-0.2, 0) is 19.9 Å². The van der Waals surface area contributed by atoms with Gasteiger partial charge in [0, 0.05) is 23.2 Å².